The Labute approximate surface area is 154 Å². The van der Waals surface area contributed by atoms with E-state index >= 15 is 0 Å². The first-order chi connectivity index (χ1) is 12.3. The van der Waals surface area contributed by atoms with Gasteiger partial charge in [0.15, 0.2) is 0 Å². The van der Waals surface area contributed by atoms with Crippen molar-refractivity contribution in [1.29, 1.82) is 0 Å². The summed E-state index contributed by atoms with van der Waals surface area (Å²) in [6.45, 7) is 0. The van der Waals surface area contributed by atoms with E-state index in [1.54, 1.807) is 16.9 Å². The highest BCUT2D eigenvalue weighted by atomic mass is 32.2. The fourth-order valence-corrected chi connectivity index (χ4v) is 3.65. The van der Waals surface area contributed by atoms with Crippen molar-refractivity contribution < 1.29 is 22.4 Å². The molecule has 0 radical (unpaired) electrons. The molecule has 138 valence electrons. The van der Waals surface area contributed by atoms with Crippen LogP contribution in [0.1, 0.15) is 6.42 Å². The van der Waals surface area contributed by atoms with E-state index in [1.165, 1.54) is 48.2 Å². The Hall–Kier alpha value is -2.59. The van der Waals surface area contributed by atoms with Crippen molar-refractivity contribution in [3.63, 3.8) is 0 Å². The Kier molecular flexibility index (Phi) is 6.58. The molecule has 0 spiro atoms. The Bertz CT molecular complexity index is 885. The Morgan fingerprint density at radius 3 is 2.23 bits per heavy atom. The summed E-state index contributed by atoms with van der Waals surface area (Å²) >= 11 is 1.42. The number of amides is 3. The highest BCUT2D eigenvalue weighted by Crippen LogP contribution is 2.19. The quantitative estimate of drug-likeness (QED) is 0.620. The van der Waals surface area contributed by atoms with E-state index in [4.69, 9.17) is 5.73 Å². The molecule has 0 unspecified atom stereocenters. The van der Waals surface area contributed by atoms with Gasteiger partial charge in [-0.05, 0) is 48.5 Å². The molecule has 2 rings (SSSR count). The smallest absolute Gasteiger partial charge is 0.326 e. The van der Waals surface area contributed by atoms with Gasteiger partial charge in [0, 0.05) is 22.8 Å². The molecule has 26 heavy (non-hydrogen) atoms. The summed E-state index contributed by atoms with van der Waals surface area (Å²) in [4.78, 5) is 23.3. The van der Waals surface area contributed by atoms with Crippen molar-refractivity contribution in [2.75, 3.05) is 11.1 Å². The SMILES string of the molecule is NC(=O)NS(=O)(=O)c1ccc(NC(=O)CCSc2ccc(F)cc2)cc1. The fraction of sp³-hybridized carbons (Fsp3) is 0.125. The number of carbonyl (C=O) groups excluding carboxylic acids is 2. The predicted molar refractivity (Wildman–Crippen MR) is 96.7 cm³/mol. The van der Waals surface area contributed by atoms with Gasteiger partial charge in [-0.3, -0.25) is 4.79 Å². The first kappa shape index (κ1) is 19.7. The van der Waals surface area contributed by atoms with Crippen LogP contribution in [-0.2, 0) is 14.8 Å². The number of thioether (sulfide) groups is 1. The standard InChI is InChI=1S/C16H16FN3O4S2/c17-11-1-5-13(6-2-11)25-10-9-15(21)19-12-3-7-14(8-4-12)26(23,24)20-16(18)22/h1-8H,9-10H2,(H,19,21)(H3,18,20,22). The van der Waals surface area contributed by atoms with Gasteiger partial charge in [-0.2, -0.15) is 0 Å². The number of nitrogens with one attached hydrogen (secondary N) is 2. The van der Waals surface area contributed by atoms with Gasteiger partial charge in [-0.15, -0.1) is 11.8 Å². The van der Waals surface area contributed by atoms with Crippen molar-refractivity contribution in [3.8, 4) is 0 Å². The van der Waals surface area contributed by atoms with Gasteiger partial charge in [0.2, 0.25) is 5.91 Å². The van der Waals surface area contributed by atoms with Crippen LogP contribution in [-0.4, -0.2) is 26.1 Å². The highest BCUT2D eigenvalue weighted by Gasteiger charge is 2.15. The molecule has 0 aromatic heterocycles. The van der Waals surface area contributed by atoms with Crippen LogP contribution in [0.5, 0.6) is 0 Å². The molecule has 0 atom stereocenters. The number of hydrogen-bond acceptors (Lipinski definition) is 5. The molecule has 0 aliphatic heterocycles. The molecule has 2 aromatic rings. The van der Waals surface area contributed by atoms with E-state index in [0.29, 0.717) is 11.4 Å². The van der Waals surface area contributed by atoms with Crippen LogP contribution in [0.15, 0.2) is 58.3 Å². The lowest BCUT2D eigenvalue weighted by Crippen LogP contribution is -2.34. The number of nitrogens with two attached hydrogens (primary N) is 1. The summed E-state index contributed by atoms with van der Waals surface area (Å²) in [6.07, 6.45) is 0.228. The highest BCUT2D eigenvalue weighted by molar-refractivity contribution is 7.99. The minimum atomic E-state index is -4.02. The van der Waals surface area contributed by atoms with E-state index < -0.39 is 16.1 Å². The van der Waals surface area contributed by atoms with Gasteiger partial charge in [0.1, 0.15) is 5.82 Å². The van der Waals surface area contributed by atoms with E-state index in [9.17, 15) is 22.4 Å². The monoisotopic (exact) mass is 397 g/mol. The zero-order chi connectivity index (χ0) is 19.2. The normalized spacial score (nSPS) is 11.0. The molecular formula is C16H16FN3O4S2. The van der Waals surface area contributed by atoms with Crippen LogP contribution in [0, 0.1) is 5.82 Å². The van der Waals surface area contributed by atoms with Crippen molar-refractivity contribution >= 4 is 39.4 Å². The van der Waals surface area contributed by atoms with Crippen LogP contribution in [0.25, 0.3) is 0 Å². The van der Waals surface area contributed by atoms with Crippen LogP contribution >= 0.6 is 11.8 Å². The third-order valence-electron chi connectivity index (χ3n) is 3.09. The summed E-state index contributed by atoms with van der Waals surface area (Å²) in [5, 5.41) is 2.64. The van der Waals surface area contributed by atoms with E-state index in [-0.39, 0.29) is 23.0 Å². The zero-order valence-electron chi connectivity index (χ0n) is 13.4. The lowest BCUT2D eigenvalue weighted by atomic mass is 10.3. The summed E-state index contributed by atoms with van der Waals surface area (Å²) in [7, 11) is -4.02. The molecule has 4 N–H and O–H groups in total. The first-order valence-corrected chi connectivity index (χ1v) is 9.84. The molecule has 3 amide bonds. The van der Waals surface area contributed by atoms with E-state index in [1.807, 2.05) is 0 Å². The number of sulfonamides is 1. The Morgan fingerprint density at radius 1 is 1.04 bits per heavy atom. The average molecular weight is 397 g/mol. The molecule has 0 aliphatic carbocycles. The lowest BCUT2D eigenvalue weighted by Gasteiger charge is -2.07. The second kappa shape index (κ2) is 8.68. The molecule has 0 fully saturated rings. The van der Waals surface area contributed by atoms with Gasteiger partial charge in [-0.25, -0.2) is 22.3 Å². The molecule has 0 saturated carbocycles. The summed E-state index contributed by atoms with van der Waals surface area (Å²) < 4.78 is 37.9. The van der Waals surface area contributed by atoms with Crippen molar-refractivity contribution in [3.05, 3.63) is 54.3 Å². The largest absolute Gasteiger partial charge is 0.351 e. The lowest BCUT2D eigenvalue weighted by molar-refractivity contribution is -0.115. The fourth-order valence-electron chi connectivity index (χ4n) is 1.92. The number of halogens is 1. The second-order valence-corrected chi connectivity index (χ2v) is 7.95. The van der Waals surface area contributed by atoms with Crippen LogP contribution in [0.4, 0.5) is 14.9 Å². The molecule has 0 heterocycles. The predicted octanol–water partition coefficient (Wildman–Crippen LogP) is 2.30. The van der Waals surface area contributed by atoms with E-state index in [0.717, 1.165) is 4.90 Å². The third-order valence-corrected chi connectivity index (χ3v) is 5.47. The molecule has 0 saturated heterocycles. The average Bonchev–Trinajstić information content (AvgIpc) is 2.56. The van der Waals surface area contributed by atoms with Gasteiger partial charge in [-0.1, -0.05) is 0 Å². The van der Waals surface area contributed by atoms with Crippen molar-refractivity contribution in [2.45, 2.75) is 16.2 Å². The van der Waals surface area contributed by atoms with Crippen LogP contribution in [0.2, 0.25) is 0 Å². The van der Waals surface area contributed by atoms with Crippen LogP contribution < -0.4 is 15.8 Å². The molecular weight excluding hydrogens is 381 g/mol. The minimum absolute atomic E-state index is 0.152. The third kappa shape index (κ3) is 6.05. The van der Waals surface area contributed by atoms with Gasteiger partial charge >= 0.3 is 6.03 Å². The van der Waals surface area contributed by atoms with Crippen LogP contribution in [0.3, 0.4) is 0 Å². The topological polar surface area (TPSA) is 118 Å². The number of urea groups is 1. The van der Waals surface area contributed by atoms with Gasteiger partial charge in [0.25, 0.3) is 10.0 Å². The minimum Gasteiger partial charge on any atom is -0.351 e. The summed E-state index contributed by atoms with van der Waals surface area (Å²) in [6, 6.07) is 10.1. The number of anilines is 1. The number of carbonyl (C=O) groups is 2. The maximum Gasteiger partial charge on any atom is 0.326 e. The molecule has 0 aliphatic rings. The maximum atomic E-state index is 12.8. The molecule has 0 bridgehead atoms. The first-order valence-electron chi connectivity index (χ1n) is 7.37. The second-order valence-electron chi connectivity index (χ2n) is 5.09. The Balaban J connectivity index is 1.85. The number of primary amides is 1. The van der Waals surface area contributed by atoms with Crippen molar-refractivity contribution in [1.82, 2.24) is 4.72 Å². The number of hydrogen-bond donors (Lipinski definition) is 3. The summed E-state index contributed by atoms with van der Waals surface area (Å²) in [5.41, 5.74) is 5.22. The van der Waals surface area contributed by atoms with Crippen molar-refractivity contribution in [2.24, 2.45) is 5.73 Å². The maximum absolute atomic E-state index is 12.8. The summed E-state index contributed by atoms with van der Waals surface area (Å²) in [5.74, 6) is -0.0546. The number of benzene rings is 2. The zero-order valence-corrected chi connectivity index (χ0v) is 15.1. The van der Waals surface area contributed by atoms with Gasteiger partial charge < -0.3 is 11.1 Å². The van der Waals surface area contributed by atoms with Gasteiger partial charge in [0.05, 0.1) is 4.90 Å². The molecule has 7 nitrogen and oxygen atoms in total. The molecule has 2 aromatic carbocycles. The van der Waals surface area contributed by atoms with E-state index in [2.05, 4.69) is 5.32 Å². The Morgan fingerprint density at radius 2 is 1.65 bits per heavy atom. The number of rotatable bonds is 7. The molecule has 10 heteroatoms.